The molecular weight excluding hydrogens is 308 g/mol. The summed E-state index contributed by atoms with van der Waals surface area (Å²) in [7, 11) is -1.62. The van der Waals surface area contributed by atoms with Gasteiger partial charge in [0.2, 0.25) is 0 Å². The predicted octanol–water partition coefficient (Wildman–Crippen LogP) is 5.19. The van der Waals surface area contributed by atoms with E-state index in [2.05, 4.69) is 26.6 Å². The van der Waals surface area contributed by atoms with Crippen LogP contribution in [0.2, 0.25) is 19.6 Å². The molecule has 20 heavy (non-hydrogen) atoms. The van der Waals surface area contributed by atoms with Crippen LogP contribution in [-0.4, -0.2) is 17.1 Å². The van der Waals surface area contributed by atoms with Crippen molar-refractivity contribution < 1.29 is 13.2 Å². The second kappa shape index (κ2) is 8.43. The second-order valence-electron chi connectivity index (χ2n) is 6.00. The van der Waals surface area contributed by atoms with Crippen LogP contribution in [0.5, 0.6) is 0 Å². The molecule has 1 N–H and O–H groups in total. The fraction of sp³-hybridized carbons (Fsp3) is 0.714. The minimum absolute atomic E-state index is 0.0841. The molecule has 2 unspecified atom stereocenters. The Bertz CT molecular complexity index is 426. The Morgan fingerprint density at radius 3 is 2.55 bits per heavy atom. The molecule has 0 bridgehead atoms. The van der Waals surface area contributed by atoms with Gasteiger partial charge in [-0.25, -0.2) is 4.21 Å². The molecule has 0 aliphatic rings. The zero-order chi connectivity index (χ0) is 15.2. The Kier molecular flexibility index (Phi) is 7.61. The lowest BCUT2D eigenvalue weighted by molar-refractivity contribution is 0.186. The minimum Gasteiger partial charge on any atom is -0.410 e. The van der Waals surface area contributed by atoms with Gasteiger partial charge in [0, 0.05) is 10.3 Å². The van der Waals surface area contributed by atoms with Crippen LogP contribution in [0.3, 0.4) is 0 Å². The van der Waals surface area contributed by atoms with Crippen molar-refractivity contribution in [1.82, 2.24) is 0 Å². The van der Waals surface area contributed by atoms with Gasteiger partial charge in [0.25, 0.3) is 0 Å². The molecule has 0 aliphatic heterocycles. The highest BCUT2D eigenvalue weighted by Gasteiger charge is 2.23. The van der Waals surface area contributed by atoms with Gasteiger partial charge >= 0.3 is 0 Å². The van der Waals surface area contributed by atoms with Crippen LogP contribution in [0.4, 0.5) is 0 Å². The number of hydrogen-bond donors (Lipinski definition) is 1. The first kappa shape index (κ1) is 18.0. The largest absolute Gasteiger partial charge is 0.410 e. The first-order valence-corrected chi connectivity index (χ1v) is 12.6. The summed E-state index contributed by atoms with van der Waals surface area (Å²) in [5.41, 5.74) is 0. The highest BCUT2D eigenvalue weighted by atomic mass is 32.2. The number of hydrogen-bond acceptors (Lipinski definition) is 3. The lowest BCUT2D eigenvalue weighted by Crippen LogP contribution is -2.27. The highest BCUT2D eigenvalue weighted by Crippen LogP contribution is 2.32. The van der Waals surface area contributed by atoms with E-state index in [1.54, 1.807) is 5.38 Å². The molecule has 0 spiro atoms. The molecule has 1 rings (SSSR count). The van der Waals surface area contributed by atoms with Gasteiger partial charge in [0.1, 0.15) is 0 Å². The van der Waals surface area contributed by atoms with Gasteiger partial charge in [-0.2, -0.15) is 0 Å². The van der Waals surface area contributed by atoms with Gasteiger partial charge < -0.3 is 8.98 Å². The smallest absolute Gasteiger partial charge is 0.187 e. The summed E-state index contributed by atoms with van der Waals surface area (Å²) in [4.78, 5) is 1.57. The quantitative estimate of drug-likeness (QED) is 0.384. The van der Waals surface area contributed by atoms with Crippen molar-refractivity contribution in [2.75, 3.05) is 0 Å². The average molecular weight is 335 g/mol. The number of unbranched alkanes of at least 4 members (excludes halogenated alkanes) is 3. The molecule has 1 heterocycles. The molecule has 0 saturated heterocycles. The Morgan fingerprint density at radius 1 is 1.35 bits per heavy atom. The zero-order valence-corrected chi connectivity index (χ0v) is 15.5. The molecular formula is C14H26O3S2Si. The standard InChI is InChI=1S/C14H26O3S2Si/c1-5-6-7-8-9-13(17-20(2,3)4)14-10-12(11-18-14)19(15)16/h10-11,13H,5-9H2,1-4H3,(H,15,16). The summed E-state index contributed by atoms with van der Waals surface area (Å²) in [6, 6.07) is 1.82. The van der Waals surface area contributed by atoms with Crippen molar-refractivity contribution in [2.45, 2.75) is 69.7 Å². The molecule has 0 saturated carbocycles. The fourth-order valence-corrected chi connectivity index (χ4v) is 4.83. The number of thiophene rings is 1. The first-order chi connectivity index (χ1) is 9.33. The summed E-state index contributed by atoms with van der Waals surface area (Å²) >= 11 is -0.356. The maximum absolute atomic E-state index is 11.1. The predicted molar refractivity (Wildman–Crippen MR) is 89.3 cm³/mol. The summed E-state index contributed by atoms with van der Waals surface area (Å²) in [5, 5.41) is 1.76. The maximum atomic E-state index is 11.1. The Hall–Kier alpha value is -0.0131. The van der Waals surface area contributed by atoms with Gasteiger partial charge in [-0.3, -0.25) is 0 Å². The van der Waals surface area contributed by atoms with Crippen LogP contribution in [0.25, 0.3) is 0 Å². The Labute approximate surface area is 130 Å². The summed E-state index contributed by atoms with van der Waals surface area (Å²) < 4.78 is 26.5. The molecule has 0 aromatic carbocycles. The van der Waals surface area contributed by atoms with Crippen molar-refractivity contribution in [1.29, 1.82) is 0 Å². The van der Waals surface area contributed by atoms with Crippen molar-refractivity contribution in [3.05, 3.63) is 16.3 Å². The van der Waals surface area contributed by atoms with Crippen LogP contribution in [0.1, 0.15) is 50.0 Å². The SMILES string of the molecule is CCCCCCC(O[Si](C)(C)C)c1cc(S(=O)O)cs1. The third-order valence-corrected chi connectivity index (χ3v) is 5.73. The summed E-state index contributed by atoms with van der Waals surface area (Å²) in [6.45, 7) is 8.76. The van der Waals surface area contributed by atoms with Crippen molar-refractivity contribution in [3.8, 4) is 0 Å². The monoisotopic (exact) mass is 334 g/mol. The Balaban J connectivity index is 2.72. The van der Waals surface area contributed by atoms with Crippen LogP contribution >= 0.6 is 11.3 Å². The van der Waals surface area contributed by atoms with E-state index < -0.39 is 19.4 Å². The van der Waals surface area contributed by atoms with Crippen LogP contribution in [0.15, 0.2) is 16.3 Å². The van der Waals surface area contributed by atoms with E-state index in [4.69, 9.17) is 8.98 Å². The van der Waals surface area contributed by atoms with Crippen LogP contribution < -0.4 is 0 Å². The third-order valence-electron chi connectivity index (χ3n) is 2.93. The molecule has 3 nitrogen and oxygen atoms in total. The lowest BCUT2D eigenvalue weighted by atomic mass is 10.1. The minimum atomic E-state index is -1.89. The van der Waals surface area contributed by atoms with Gasteiger partial charge in [-0.15, -0.1) is 11.3 Å². The van der Waals surface area contributed by atoms with Gasteiger partial charge in [-0.1, -0.05) is 32.6 Å². The van der Waals surface area contributed by atoms with Crippen LogP contribution in [0, 0.1) is 0 Å². The molecule has 1 aromatic rings. The maximum Gasteiger partial charge on any atom is 0.187 e. The molecule has 2 atom stereocenters. The summed E-state index contributed by atoms with van der Waals surface area (Å²) in [6.07, 6.45) is 5.95. The van der Waals surface area contributed by atoms with Crippen molar-refractivity contribution in [3.63, 3.8) is 0 Å². The van der Waals surface area contributed by atoms with Gasteiger partial charge in [0.15, 0.2) is 19.4 Å². The van der Waals surface area contributed by atoms with Gasteiger partial charge in [-0.05, 0) is 32.1 Å². The van der Waals surface area contributed by atoms with Gasteiger partial charge in [0.05, 0.1) is 11.0 Å². The van der Waals surface area contributed by atoms with E-state index in [9.17, 15) is 4.21 Å². The second-order valence-corrected chi connectivity index (χ2v) is 12.4. The molecule has 116 valence electrons. The van der Waals surface area contributed by atoms with E-state index in [-0.39, 0.29) is 6.10 Å². The van der Waals surface area contributed by atoms with E-state index in [0.29, 0.717) is 4.90 Å². The van der Waals surface area contributed by atoms with E-state index >= 15 is 0 Å². The topological polar surface area (TPSA) is 46.5 Å². The molecule has 0 amide bonds. The van der Waals surface area contributed by atoms with Crippen LogP contribution in [-0.2, 0) is 15.5 Å². The zero-order valence-electron chi connectivity index (χ0n) is 12.8. The normalized spacial score (nSPS) is 15.2. The van der Waals surface area contributed by atoms with E-state index in [1.165, 1.54) is 30.6 Å². The van der Waals surface area contributed by atoms with Crippen molar-refractivity contribution in [2.24, 2.45) is 0 Å². The molecule has 0 aliphatic carbocycles. The Morgan fingerprint density at radius 2 is 2.05 bits per heavy atom. The average Bonchev–Trinajstić information content (AvgIpc) is 2.81. The number of rotatable bonds is 9. The molecule has 6 heteroatoms. The third kappa shape index (κ3) is 6.63. The molecule has 0 fully saturated rings. The first-order valence-electron chi connectivity index (χ1n) is 7.20. The molecule has 1 aromatic heterocycles. The highest BCUT2D eigenvalue weighted by molar-refractivity contribution is 7.79. The lowest BCUT2D eigenvalue weighted by Gasteiger charge is -2.25. The summed E-state index contributed by atoms with van der Waals surface area (Å²) in [5.74, 6) is 0. The fourth-order valence-electron chi connectivity index (χ4n) is 2.04. The molecule has 0 radical (unpaired) electrons. The van der Waals surface area contributed by atoms with E-state index in [1.807, 2.05) is 6.07 Å². The van der Waals surface area contributed by atoms with E-state index in [0.717, 1.165) is 17.7 Å². The van der Waals surface area contributed by atoms with Crippen molar-refractivity contribution >= 4 is 30.7 Å².